The van der Waals surface area contributed by atoms with Gasteiger partial charge in [-0.3, -0.25) is 0 Å². The van der Waals surface area contributed by atoms with Gasteiger partial charge in [0.05, 0.1) is 0 Å². The van der Waals surface area contributed by atoms with Crippen molar-refractivity contribution < 1.29 is 8.78 Å². The highest BCUT2D eigenvalue weighted by Gasteiger charge is 2.13. The van der Waals surface area contributed by atoms with Crippen LogP contribution in [0.5, 0.6) is 0 Å². The van der Waals surface area contributed by atoms with Gasteiger partial charge in [0, 0.05) is 5.57 Å². The first-order valence-corrected chi connectivity index (χ1v) is 7.81. The number of hydrogen-bond donors (Lipinski definition) is 0. The van der Waals surface area contributed by atoms with Crippen LogP contribution >= 0.6 is 0 Å². The zero-order valence-electron chi connectivity index (χ0n) is 15.4. The second-order valence-electron chi connectivity index (χ2n) is 4.34. The van der Waals surface area contributed by atoms with Gasteiger partial charge in [0.2, 0.25) is 0 Å². The van der Waals surface area contributed by atoms with Gasteiger partial charge >= 0.3 is 0 Å². The molecule has 0 rings (SSSR count). The molecule has 0 aliphatic rings. The fraction of sp³-hybridized carbons (Fsp3) is 0.333. The van der Waals surface area contributed by atoms with Crippen molar-refractivity contribution in [1.82, 2.24) is 0 Å². The normalized spacial score (nSPS) is 10.4. The molecule has 0 aromatic carbocycles. The summed E-state index contributed by atoms with van der Waals surface area (Å²) in [6.45, 7) is 27.3. The van der Waals surface area contributed by atoms with Crippen molar-refractivity contribution in [3.8, 4) is 0 Å². The molecule has 0 atom stereocenters. The first kappa shape index (κ1) is 26.0. The Morgan fingerprint density at radius 1 is 0.870 bits per heavy atom. The predicted molar refractivity (Wildman–Crippen MR) is 103 cm³/mol. The molecule has 0 aromatic heterocycles. The van der Waals surface area contributed by atoms with Crippen LogP contribution in [0.15, 0.2) is 85.1 Å². The van der Waals surface area contributed by atoms with E-state index in [-0.39, 0.29) is 11.1 Å². The molecule has 0 aliphatic heterocycles. The highest BCUT2D eigenvalue weighted by atomic mass is 19.2. The van der Waals surface area contributed by atoms with Crippen LogP contribution in [0, 0.1) is 0 Å². The van der Waals surface area contributed by atoms with Crippen molar-refractivity contribution in [2.45, 2.75) is 47.5 Å². The largest absolute Gasteiger partial charge is 0.203 e. The van der Waals surface area contributed by atoms with Crippen molar-refractivity contribution in [2.75, 3.05) is 0 Å². The molecule has 2 heteroatoms. The highest BCUT2D eigenvalue weighted by molar-refractivity contribution is 5.50. The Bertz CT molecular complexity index is 474. The SMILES string of the molecule is C=C(/C=C\C(=C)C(=C)/C(F)=C(/F)C(=C)CC)CC.C=CC.CC. The Hall–Kier alpha value is -1.96. The van der Waals surface area contributed by atoms with Crippen molar-refractivity contribution in [2.24, 2.45) is 0 Å². The lowest BCUT2D eigenvalue weighted by Crippen LogP contribution is -1.91. The minimum Gasteiger partial charge on any atom is -0.203 e. The van der Waals surface area contributed by atoms with Gasteiger partial charge in [-0.2, -0.15) is 0 Å². The molecule has 0 saturated heterocycles. The van der Waals surface area contributed by atoms with E-state index < -0.39 is 11.7 Å². The predicted octanol–water partition coefficient (Wildman–Crippen LogP) is 7.96. The van der Waals surface area contributed by atoms with Crippen LogP contribution in [0.4, 0.5) is 8.78 Å². The lowest BCUT2D eigenvalue weighted by molar-refractivity contribution is 0.554. The van der Waals surface area contributed by atoms with Crippen LogP contribution in [0.25, 0.3) is 0 Å². The molecule has 0 amide bonds. The summed E-state index contributed by atoms with van der Waals surface area (Å²) in [6, 6.07) is 0. The third kappa shape index (κ3) is 12.3. The molecule has 0 nitrogen and oxygen atoms in total. The summed E-state index contributed by atoms with van der Waals surface area (Å²) in [5, 5.41) is 0. The van der Waals surface area contributed by atoms with Gasteiger partial charge in [0.25, 0.3) is 0 Å². The number of allylic oxidation sites excluding steroid dienone is 9. The molecule has 0 fully saturated rings. The average Bonchev–Trinajstić information content (AvgIpc) is 2.58. The van der Waals surface area contributed by atoms with E-state index in [9.17, 15) is 8.78 Å². The van der Waals surface area contributed by atoms with Crippen LogP contribution in [-0.4, -0.2) is 0 Å². The maximum Gasteiger partial charge on any atom is 0.166 e. The molecule has 0 radical (unpaired) electrons. The van der Waals surface area contributed by atoms with E-state index in [1.807, 2.05) is 27.7 Å². The Morgan fingerprint density at radius 3 is 1.65 bits per heavy atom. The first-order valence-electron chi connectivity index (χ1n) is 7.81. The Balaban J connectivity index is -0.000000710. The van der Waals surface area contributed by atoms with E-state index >= 15 is 0 Å². The molecule has 0 N–H and O–H groups in total. The maximum absolute atomic E-state index is 13.7. The first-order chi connectivity index (χ1) is 10.8. The van der Waals surface area contributed by atoms with Gasteiger partial charge in [-0.05, 0) is 30.9 Å². The Morgan fingerprint density at radius 2 is 1.30 bits per heavy atom. The van der Waals surface area contributed by atoms with Crippen molar-refractivity contribution >= 4 is 0 Å². The van der Waals surface area contributed by atoms with E-state index in [4.69, 9.17) is 0 Å². The number of halogens is 2. The Kier molecular flexibility index (Phi) is 18.5. The van der Waals surface area contributed by atoms with Crippen molar-refractivity contribution in [1.29, 1.82) is 0 Å². The molecule has 23 heavy (non-hydrogen) atoms. The smallest absolute Gasteiger partial charge is 0.166 e. The lowest BCUT2D eigenvalue weighted by Gasteiger charge is -2.06. The average molecular weight is 322 g/mol. The van der Waals surface area contributed by atoms with E-state index in [1.54, 1.807) is 25.2 Å². The van der Waals surface area contributed by atoms with Gasteiger partial charge < -0.3 is 0 Å². The van der Waals surface area contributed by atoms with Crippen LogP contribution in [0.1, 0.15) is 47.5 Å². The summed E-state index contributed by atoms with van der Waals surface area (Å²) in [5.41, 5.74) is 1.25. The molecule has 0 heterocycles. The molecular formula is C21H32F2. The van der Waals surface area contributed by atoms with Crippen molar-refractivity contribution in [3.63, 3.8) is 0 Å². The maximum atomic E-state index is 13.7. The van der Waals surface area contributed by atoms with Gasteiger partial charge in [-0.15, -0.1) is 6.58 Å². The van der Waals surface area contributed by atoms with E-state index in [2.05, 4.69) is 32.9 Å². The number of hydrogen-bond acceptors (Lipinski definition) is 0. The third-order valence-corrected chi connectivity index (χ3v) is 2.56. The lowest BCUT2D eigenvalue weighted by atomic mass is 10.0. The van der Waals surface area contributed by atoms with Crippen LogP contribution in [-0.2, 0) is 0 Å². The fourth-order valence-electron chi connectivity index (χ4n) is 1.02. The summed E-state index contributed by atoms with van der Waals surface area (Å²) in [5.74, 6) is -1.95. The zero-order valence-corrected chi connectivity index (χ0v) is 15.4. The summed E-state index contributed by atoms with van der Waals surface area (Å²) in [6.07, 6.45) is 6.18. The van der Waals surface area contributed by atoms with Gasteiger partial charge in [-0.1, -0.05) is 77.8 Å². The molecule has 130 valence electrons. The van der Waals surface area contributed by atoms with Gasteiger partial charge in [0.1, 0.15) is 0 Å². The van der Waals surface area contributed by atoms with Crippen LogP contribution in [0.3, 0.4) is 0 Å². The number of rotatable bonds is 7. The molecule has 0 bridgehead atoms. The summed E-state index contributed by atoms with van der Waals surface area (Å²) in [4.78, 5) is 0. The quantitative estimate of drug-likeness (QED) is 0.329. The standard InChI is InChI=1S/C16H20F2.C3H6.C2H6/c1-7-11(3)9-10-13(5)14(6)16(18)15(17)12(4)8-2;1-3-2;1-2/h9-10H,3-8H2,1-2H3;3H,1H2,2H3;1-2H3/b10-9-,16-15-;;. The highest BCUT2D eigenvalue weighted by Crippen LogP contribution is 2.27. The zero-order chi connectivity index (χ0) is 19.0. The monoisotopic (exact) mass is 322 g/mol. The van der Waals surface area contributed by atoms with Crippen molar-refractivity contribution in [3.05, 3.63) is 85.1 Å². The topological polar surface area (TPSA) is 0 Å². The molecule has 0 spiro atoms. The van der Waals surface area contributed by atoms with E-state index in [0.717, 1.165) is 12.0 Å². The molecule has 0 aliphatic carbocycles. The summed E-state index contributed by atoms with van der Waals surface area (Å²) < 4.78 is 27.2. The minimum absolute atomic E-state index is 0.0674. The van der Waals surface area contributed by atoms with E-state index in [1.165, 1.54) is 0 Å². The molecule has 0 saturated carbocycles. The van der Waals surface area contributed by atoms with Crippen LogP contribution < -0.4 is 0 Å². The van der Waals surface area contributed by atoms with Crippen LogP contribution in [0.2, 0.25) is 0 Å². The summed E-state index contributed by atoms with van der Waals surface area (Å²) >= 11 is 0. The van der Waals surface area contributed by atoms with Gasteiger partial charge in [-0.25, -0.2) is 8.78 Å². The van der Waals surface area contributed by atoms with Gasteiger partial charge in [0.15, 0.2) is 11.7 Å². The molecule has 0 unspecified atom stereocenters. The van der Waals surface area contributed by atoms with E-state index in [0.29, 0.717) is 12.0 Å². The summed E-state index contributed by atoms with van der Waals surface area (Å²) in [7, 11) is 0. The second kappa shape index (κ2) is 16.4. The third-order valence-electron chi connectivity index (χ3n) is 2.56. The second-order valence-corrected chi connectivity index (χ2v) is 4.34. The minimum atomic E-state index is -1.00. The molecular weight excluding hydrogens is 290 g/mol. The molecule has 0 aromatic rings. The Labute approximate surface area is 142 Å². The fourth-order valence-corrected chi connectivity index (χ4v) is 1.02.